The molecule has 128 valence electrons. The van der Waals surface area contributed by atoms with Gasteiger partial charge in [0.2, 0.25) is 0 Å². The molecule has 0 radical (unpaired) electrons. The Labute approximate surface area is 146 Å². The van der Waals surface area contributed by atoms with E-state index in [-0.39, 0.29) is 5.91 Å². The van der Waals surface area contributed by atoms with Crippen molar-refractivity contribution in [1.29, 1.82) is 0 Å². The van der Waals surface area contributed by atoms with Gasteiger partial charge in [-0.3, -0.25) is 9.48 Å². The molecule has 2 N–H and O–H groups in total. The Morgan fingerprint density at radius 2 is 2.08 bits per heavy atom. The van der Waals surface area contributed by atoms with Crippen LogP contribution in [0.4, 0.5) is 11.4 Å². The number of aryl methyl sites for hydroxylation is 3. The van der Waals surface area contributed by atoms with Crippen LogP contribution < -0.4 is 10.6 Å². The van der Waals surface area contributed by atoms with E-state index in [1.165, 1.54) is 0 Å². The summed E-state index contributed by atoms with van der Waals surface area (Å²) >= 11 is 0. The Balaban J connectivity index is 1.89. The summed E-state index contributed by atoms with van der Waals surface area (Å²) in [5.74, 6) is -0.0156. The van der Waals surface area contributed by atoms with Crippen LogP contribution in [0.3, 0.4) is 0 Å². The van der Waals surface area contributed by atoms with Crippen LogP contribution in [0.2, 0.25) is 0 Å². The molecule has 2 aromatic heterocycles. The molecule has 0 bridgehead atoms. The quantitative estimate of drug-likeness (QED) is 0.694. The average molecular weight is 335 g/mol. The zero-order valence-corrected chi connectivity index (χ0v) is 14.7. The average Bonchev–Trinajstić information content (AvgIpc) is 2.87. The first-order valence-corrected chi connectivity index (χ1v) is 8.47. The van der Waals surface area contributed by atoms with E-state index in [9.17, 15) is 4.79 Å². The predicted molar refractivity (Wildman–Crippen MR) is 98.8 cm³/mol. The first kappa shape index (κ1) is 15.6. The Morgan fingerprint density at radius 3 is 2.88 bits per heavy atom. The summed E-state index contributed by atoms with van der Waals surface area (Å²) in [5, 5.41) is 5.27. The number of nitrogen functional groups attached to an aromatic ring is 1. The maximum absolute atomic E-state index is 13.4. The van der Waals surface area contributed by atoms with Gasteiger partial charge >= 0.3 is 0 Å². The highest BCUT2D eigenvalue weighted by Gasteiger charge is 2.27. The molecule has 6 heteroatoms. The number of carbonyl (C=O) groups is 1. The van der Waals surface area contributed by atoms with Gasteiger partial charge in [0.15, 0.2) is 5.65 Å². The van der Waals surface area contributed by atoms with Crippen molar-refractivity contribution in [3.05, 3.63) is 46.8 Å². The van der Waals surface area contributed by atoms with Gasteiger partial charge in [0.05, 0.1) is 16.6 Å². The van der Waals surface area contributed by atoms with Crippen LogP contribution in [-0.2, 0) is 13.5 Å². The number of aromatic nitrogens is 3. The molecule has 0 saturated carbocycles. The van der Waals surface area contributed by atoms with Crippen LogP contribution in [0.25, 0.3) is 11.0 Å². The molecule has 1 aliphatic heterocycles. The highest BCUT2D eigenvalue weighted by Crippen LogP contribution is 2.33. The third kappa shape index (κ3) is 2.36. The topological polar surface area (TPSA) is 77.0 Å². The Bertz CT molecular complexity index is 1000. The van der Waals surface area contributed by atoms with Crippen LogP contribution in [0.5, 0.6) is 0 Å². The van der Waals surface area contributed by atoms with E-state index in [1.807, 2.05) is 50.1 Å². The van der Waals surface area contributed by atoms with Gasteiger partial charge in [0.1, 0.15) is 0 Å². The minimum absolute atomic E-state index is 0.0156. The van der Waals surface area contributed by atoms with Crippen molar-refractivity contribution >= 4 is 28.3 Å². The molecule has 0 spiro atoms. The number of nitrogens with two attached hydrogens (primary N) is 1. The molecule has 25 heavy (non-hydrogen) atoms. The van der Waals surface area contributed by atoms with Gasteiger partial charge in [0, 0.05) is 30.7 Å². The minimum atomic E-state index is -0.0156. The number of fused-ring (bicyclic) bond motifs is 2. The van der Waals surface area contributed by atoms with E-state index >= 15 is 0 Å². The number of benzene rings is 1. The Hall–Kier alpha value is -2.89. The van der Waals surface area contributed by atoms with Crippen LogP contribution in [0.15, 0.2) is 24.3 Å². The van der Waals surface area contributed by atoms with Gasteiger partial charge in [-0.15, -0.1) is 0 Å². The molecule has 0 saturated heterocycles. The molecule has 3 heterocycles. The zero-order chi connectivity index (χ0) is 17.7. The van der Waals surface area contributed by atoms with Crippen molar-refractivity contribution in [1.82, 2.24) is 14.8 Å². The van der Waals surface area contributed by atoms with E-state index in [0.717, 1.165) is 52.2 Å². The number of amides is 1. The van der Waals surface area contributed by atoms with E-state index in [0.29, 0.717) is 12.1 Å². The number of hydrogen-bond acceptors (Lipinski definition) is 4. The highest BCUT2D eigenvalue weighted by atomic mass is 16.2. The standard InChI is InChI=1S/C19H21N5O/c1-11-10-14(17-12(2)22-23(3)18(17)21-11)19(25)24-9-5-6-13-15(20)7-4-8-16(13)24/h4,7-8,10H,5-6,9,20H2,1-3H3. The van der Waals surface area contributed by atoms with Crippen LogP contribution in [0.1, 0.15) is 33.7 Å². The van der Waals surface area contributed by atoms with E-state index in [4.69, 9.17) is 5.73 Å². The Kier molecular flexibility index (Phi) is 3.49. The third-order valence-corrected chi connectivity index (χ3v) is 4.86. The summed E-state index contributed by atoms with van der Waals surface area (Å²) in [6, 6.07) is 7.64. The van der Waals surface area contributed by atoms with Crippen LogP contribution in [-0.4, -0.2) is 27.2 Å². The highest BCUT2D eigenvalue weighted by molar-refractivity contribution is 6.14. The fourth-order valence-corrected chi connectivity index (χ4v) is 3.75. The molecule has 0 unspecified atom stereocenters. The van der Waals surface area contributed by atoms with Crippen molar-refractivity contribution in [3.63, 3.8) is 0 Å². The van der Waals surface area contributed by atoms with Crippen molar-refractivity contribution in [2.45, 2.75) is 26.7 Å². The second-order valence-corrected chi connectivity index (χ2v) is 6.62. The maximum Gasteiger partial charge on any atom is 0.259 e. The zero-order valence-electron chi connectivity index (χ0n) is 14.7. The van der Waals surface area contributed by atoms with Crippen LogP contribution in [0, 0.1) is 13.8 Å². The van der Waals surface area contributed by atoms with Gasteiger partial charge in [-0.1, -0.05) is 6.07 Å². The summed E-state index contributed by atoms with van der Waals surface area (Å²) in [6.07, 6.45) is 1.81. The number of nitrogens with zero attached hydrogens (tertiary/aromatic N) is 4. The molecular weight excluding hydrogens is 314 g/mol. The molecule has 6 nitrogen and oxygen atoms in total. The number of hydrogen-bond donors (Lipinski definition) is 1. The number of pyridine rings is 1. The molecule has 0 atom stereocenters. The normalized spacial score (nSPS) is 14.0. The number of carbonyl (C=O) groups excluding carboxylic acids is 1. The lowest BCUT2D eigenvalue weighted by Crippen LogP contribution is -2.36. The van der Waals surface area contributed by atoms with Gasteiger partial charge in [0.25, 0.3) is 5.91 Å². The lowest BCUT2D eigenvalue weighted by molar-refractivity contribution is 0.0986. The second-order valence-electron chi connectivity index (χ2n) is 6.62. The molecule has 3 aromatic rings. The monoisotopic (exact) mass is 335 g/mol. The first-order chi connectivity index (χ1) is 12.0. The minimum Gasteiger partial charge on any atom is -0.398 e. The van der Waals surface area contributed by atoms with Crippen molar-refractivity contribution in [3.8, 4) is 0 Å². The molecule has 0 aliphatic carbocycles. The second kappa shape index (κ2) is 5.58. The fourth-order valence-electron chi connectivity index (χ4n) is 3.75. The smallest absolute Gasteiger partial charge is 0.259 e. The van der Waals surface area contributed by atoms with E-state index in [2.05, 4.69) is 10.1 Å². The number of anilines is 2. The summed E-state index contributed by atoms with van der Waals surface area (Å²) in [5.41, 5.74) is 11.9. The predicted octanol–water partition coefficient (Wildman–Crippen LogP) is 2.76. The third-order valence-electron chi connectivity index (χ3n) is 4.86. The summed E-state index contributed by atoms with van der Waals surface area (Å²) in [4.78, 5) is 19.8. The first-order valence-electron chi connectivity index (χ1n) is 8.47. The van der Waals surface area contributed by atoms with E-state index < -0.39 is 0 Å². The summed E-state index contributed by atoms with van der Waals surface area (Å²) < 4.78 is 1.73. The largest absolute Gasteiger partial charge is 0.398 e. The molecular formula is C19H21N5O. The summed E-state index contributed by atoms with van der Waals surface area (Å²) in [7, 11) is 1.85. The maximum atomic E-state index is 13.4. The van der Waals surface area contributed by atoms with Gasteiger partial charge in [-0.2, -0.15) is 5.10 Å². The van der Waals surface area contributed by atoms with Gasteiger partial charge in [-0.05, 0) is 50.5 Å². The van der Waals surface area contributed by atoms with E-state index in [1.54, 1.807) is 4.68 Å². The molecule has 1 aliphatic rings. The fraction of sp³-hybridized carbons (Fsp3) is 0.316. The molecule has 1 aromatic carbocycles. The van der Waals surface area contributed by atoms with Gasteiger partial charge in [-0.25, -0.2) is 4.98 Å². The van der Waals surface area contributed by atoms with Crippen molar-refractivity contribution < 1.29 is 4.79 Å². The van der Waals surface area contributed by atoms with Crippen LogP contribution >= 0.6 is 0 Å². The Morgan fingerprint density at radius 1 is 1.28 bits per heavy atom. The van der Waals surface area contributed by atoms with Crippen molar-refractivity contribution in [2.75, 3.05) is 17.2 Å². The summed E-state index contributed by atoms with van der Waals surface area (Å²) in [6.45, 7) is 4.51. The molecule has 1 amide bonds. The molecule has 4 rings (SSSR count). The van der Waals surface area contributed by atoms with Gasteiger partial charge < -0.3 is 10.6 Å². The lowest BCUT2D eigenvalue weighted by atomic mass is 9.98. The SMILES string of the molecule is Cc1cc(C(=O)N2CCCc3c(N)cccc32)c2c(C)nn(C)c2n1. The molecule has 0 fully saturated rings. The van der Waals surface area contributed by atoms with Crippen molar-refractivity contribution in [2.24, 2.45) is 7.05 Å². The number of rotatable bonds is 1. The lowest BCUT2D eigenvalue weighted by Gasteiger charge is -2.30.